The molecule has 0 N–H and O–H groups in total. The molecule has 2 bridgehead atoms. The summed E-state index contributed by atoms with van der Waals surface area (Å²) >= 11 is 2.23. The van der Waals surface area contributed by atoms with Crippen LogP contribution >= 0.6 is 11.8 Å². The van der Waals surface area contributed by atoms with Crippen molar-refractivity contribution < 1.29 is 0 Å². The minimum Gasteiger partial charge on any atom is -0.154 e. The van der Waals surface area contributed by atoms with E-state index < -0.39 is 0 Å². The second-order valence-corrected chi connectivity index (χ2v) is 4.92. The van der Waals surface area contributed by atoms with Crippen molar-refractivity contribution in [3.05, 3.63) is 11.6 Å². The molecule has 0 saturated carbocycles. The van der Waals surface area contributed by atoms with Crippen LogP contribution in [0.2, 0.25) is 0 Å². The number of rotatable bonds is 0. The monoisotopic (exact) mass is 154 g/mol. The predicted molar refractivity (Wildman–Crippen MR) is 47.4 cm³/mol. The summed E-state index contributed by atoms with van der Waals surface area (Å²) in [6.45, 7) is 2.19. The highest BCUT2D eigenvalue weighted by Crippen LogP contribution is 2.45. The Morgan fingerprint density at radius 2 is 1.90 bits per heavy atom. The molecule has 0 aromatic heterocycles. The zero-order valence-electron chi connectivity index (χ0n) is 6.47. The Bertz CT molecular complexity index is 146. The lowest BCUT2D eigenvalue weighted by atomic mass is 10.1. The fraction of sp³-hybridized carbons (Fsp3) is 0.778. The van der Waals surface area contributed by atoms with E-state index in [1.54, 1.807) is 5.57 Å². The summed E-state index contributed by atoms with van der Waals surface area (Å²) in [4.78, 5) is 0. The van der Waals surface area contributed by atoms with Crippen molar-refractivity contribution in [2.75, 3.05) is 0 Å². The van der Waals surface area contributed by atoms with Crippen molar-refractivity contribution in [1.82, 2.24) is 0 Å². The molecule has 2 fully saturated rings. The van der Waals surface area contributed by atoms with Gasteiger partial charge in [-0.1, -0.05) is 11.6 Å². The van der Waals surface area contributed by atoms with E-state index in [-0.39, 0.29) is 0 Å². The molecule has 0 amide bonds. The average molecular weight is 154 g/mol. The van der Waals surface area contributed by atoms with Gasteiger partial charge in [-0.15, -0.1) is 0 Å². The van der Waals surface area contributed by atoms with E-state index in [9.17, 15) is 0 Å². The first-order chi connectivity index (χ1) is 4.88. The van der Waals surface area contributed by atoms with Crippen LogP contribution < -0.4 is 0 Å². The third kappa shape index (κ3) is 1.12. The zero-order chi connectivity index (χ0) is 6.97. The second-order valence-electron chi connectivity index (χ2n) is 3.31. The lowest BCUT2D eigenvalue weighted by molar-refractivity contribution is 0.777. The first kappa shape index (κ1) is 6.78. The molecule has 0 aliphatic carbocycles. The Kier molecular flexibility index (Phi) is 1.77. The smallest absolute Gasteiger partial charge is 0.00875 e. The molecule has 0 aromatic rings. The van der Waals surface area contributed by atoms with Crippen LogP contribution in [-0.4, -0.2) is 10.5 Å². The van der Waals surface area contributed by atoms with Gasteiger partial charge in [0.1, 0.15) is 0 Å². The topological polar surface area (TPSA) is 0 Å². The van der Waals surface area contributed by atoms with Crippen molar-refractivity contribution in [2.45, 2.75) is 43.1 Å². The number of thioether (sulfide) groups is 1. The van der Waals surface area contributed by atoms with Crippen LogP contribution in [0.25, 0.3) is 0 Å². The number of allylic oxidation sites excluding steroid dienone is 2. The summed E-state index contributed by atoms with van der Waals surface area (Å²) in [5.74, 6) is 0. The SMILES string of the molecule is CC=C1CC2CCC(C1)S2. The quantitative estimate of drug-likeness (QED) is 0.483. The van der Waals surface area contributed by atoms with E-state index in [4.69, 9.17) is 0 Å². The summed E-state index contributed by atoms with van der Waals surface area (Å²) in [6.07, 6.45) is 8.06. The molecule has 2 heterocycles. The molecule has 56 valence electrons. The van der Waals surface area contributed by atoms with Crippen LogP contribution in [0.5, 0.6) is 0 Å². The van der Waals surface area contributed by atoms with E-state index in [1.807, 2.05) is 0 Å². The van der Waals surface area contributed by atoms with E-state index in [1.165, 1.54) is 25.7 Å². The van der Waals surface area contributed by atoms with Crippen molar-refractivity contribution in [3.8, 4) is 0 Å². The largest absolute Gasteiger partial charge is 0.154 e. The van der Waals surface area contributed by atoms with Gasteiger partial charge < -0.3 is 0 Å². The molecular weight excluding hydrogens is 140 g/mol. The Morgan fingerprint density at radius 3 is 2.40 bits per heavy atom. The molecule has 2 saturated heterocycles. The van der Waals surface area contributed by atoms with Gasteiger partial charge in [0, 0.05) is 10.5 Å². The highest BCUT2D eigenvalue weighted by atomic mass is 32.2. The normalized spacial score (nSPS) is 38.3. The molecule has 2 aliphatic rings. The summed E-state index contributed by atoms with van der Waals surface area (Å²) in [5, 5.41) is 1.98. The first-order valence-corrected chi connectivity index (χ1v) is 5.12. The number of fused-ring (bicyclic) bond motifs is 2. The van der Waals surface area contributed by atoms with E-state index in [0.717, 1.165) is 10.5 Å². The lowest BCUT2D eigenvalue weighted by Gasteiger charge is -2.20. The third-order valence-corrected chi connectivity index (χ3v) is 4.16. The molecular formula is C9H14S. The summed E-state index contributed by atoms with van der Waals surface area (Å²) in [5.41, 5.74) is 1.71. The van der Waals surface area contributed by atoms with Crippen LogP contribution in [0.15, 0.2) is 11.6 Å². The van der Waals surface area contributed by atoms with Crippen molar-refractivity contribution in [3.63, 3.8) is 0 Å². The third-order valence-electron chi connectivity index (χ3n) is 2.58. The standard InChI is InChI=1S/C9H14S/c1-2-7-5-8-3-4-9(6-7)10-8/h2,8-9H,3-6H2,1H3. The van der Waals surface area contributed by atoms with Gasteiger partial charge in [0.2, 0.25) is 0 Å². The van der Waals surface area contributed by atoms with Crippen molar-refractivity contribution in [1.29, 1.82) is 0 Å². The minimum atomic E-state index is 0.991. The molecule has 10 heavy (non-hydrogen) atoms. The molecule has 2 rings (SSSR count). The predicted octanol–water partition coefficient (Wildman–Crippen LogP) is 2.99. The highest BCUT2D eigenvalue weighted by Gasteiger charge is 2.30. The van der Waals surface area contributed by atoms with Crippen LogP contribution in [-0.2, 0) is 0 Å². The average Bonchev–Trinajstić information content (AvgIpc) is 2.30. The zero-order valence-corrected chi connectivity index (χ0v) is 7.29. The molecule has 1 heteroatoms. The van der Waals surface area contributed by atoms with Crippen molar-refractivity contribution >= 4 is 11.8 Å². The number of hydrogen-bond acceptors (Lipinski definition) is 1. The maximum absolute atomic E-state index is 2.32. The van der Waals surface area contributed by atoms with Gasteiger partial charge >= 0.3 is 0 Å². The lowest BCUT2D eigenvalue weighted by Crippen LogP contribution is -2.08. The molecule has 0 aromatic carbocycles. The molecule has 2 unspecified atom stereocenters. The van der Waals surface area contributed by atoms with Crippen LogP contribution in [0.1, 0.15) is 32.6 Å². The Balaban J connectivity index is 2.09. The van der Waals surface area contributed by atoms with Crippen LogP contribution in [0.3, 0.4) is 0 Å². The van der Waals surface area contributed by atoms with Gasteiger partial charge in [-0.2, -0.15) is 11.8 Å². The Morgan fingerprint density at radius 1 is 1.30 bits per heavy atom. The molecule has 2 atom stereocenters. The molecule has 0 nitrogen and oxygen atoms in total. The van der Waals surface area contributed by atoms with E-state index in [2.05, 4.69) is 24.8 Å². The van der Waals surface area contributed by atoms with E-state index in [0.29, 0.717) is 0 Å². The van der Waals surface area contributed by atoms with Gasteiger partial charge in [-0.25, -0.2) is 0 Å². The number of hydrogen-bond donors (Lipinski definition) is 0. The minimum absolute atomic E-state index is 0.991. The fourth-order valence-corrected chi connectivity index (χ4v) is 3.69. The maximum Gasteiger partial charge on any atom is 0.00875 e. The van der Waals surface area contributed by atoms with Gasteiger partial charge in [0.15, 0.2) is 0 Å². The highest BCUT2D eigenvalue weighted by molar-refractivity contribution is 8.00. The Hall–Kier alpha value is 0.0900. The maximum atomic E-state index is 2.32. The summed E-state index contributed by atoms with van der Waals surface area (Å²) < 4.78 is 0. The fourth-order valence-electron chi connectivity index (χ4n) is 1.98. The molecule has 0 spiro atoms. The molecule has 2 aliphatic heterocycles. The first-order valence-electron chi connectivity index (χ1n) is 4.18. The summed E-state index contributed by atoms with van der Waals surface area (Å²) in [6, 6.07) is 0. The molecule has 0 radical (unpaired) electrons. The van der Waals surface area contributed by atoms with Gasteiger partial charge in [-0.3, -0.25) is 0 Å². The van der Waals surface area contributed by atoms with Gasteiger partial charge in [0.25, 0.3) is 0 Å². The second kappa shape index (κ2) is 2.61. The van der Waals surface area contributed by atoms with Crippen LogP contribution in [0.4, 0.5) is 0 Å². The van der Waals surface area contributed by atoms with Gasteiger partial charge in [0.05, 0.1) is 0 Å². The Labute approximate surface area is 67.1 Å². The van der Waals surface area contributed by atoms with E-state index >= 15 is 0 Å². The van der Waals surface area contributed by atoms with Gasteiger partial charge in [-0.05, 0) is 32.6 Å². The van der Waals surface area contributed by atoms with Crippen molar-refractivity contribution in [2.24, 2.45) is 0 Å². The summed E-state index contributed by atoms with van der Waals surface area (Å²) in [7, 11) is 0. The van der Waals surface area contributed by atoms with Crippen LogP contribution in [0, 0.1) is 0 Å².